The Hall–Kier alpha value is -14.1. The van der Waals surface area contributed by atoms with Gasteiger partial charge in [0.2, 0.25) is 5.82 Å². The summed E-state index contributed by atoms with van der Waals surface area (Å²) >= 11 is 0. The third kappa shape index (κ3) is 14.4. The maximum atomic E-state index is 5.46. The second kappa shape index (κ2) is 30.1. The molecule has 20 nitrogen and oxygen atoms in total. The Balaban J connectivity index is 0.000000107. The summed E-state index contributed by atoms with van der Waals surface area (Å²) < 4.78 is 10.9. The lowest BCUT2D eigenvalue weighted by molar-refractivity contribution is 0.570. The Morgan fingerprint density at radius 3 is 1.22 bits per heavy atom. The van der Waals surface area contributed by atoms with E-state index in [2.05, 4.69) is 163 Å². The minimum Gasteiger partial charge on any atom is -0.463 e. The predicted molar refractivity (Wildman–Crippen MR) is 376 cm³/mol. The molecule has 3 aromatic carbocycles. The minimum atomic E-state index is 0.433. The average molecular weight is 1270 g/mol. The number of rotatable bonds is 9. The summed E-state index contributed by atoms with van der Waals surface area (Å²) in [5, 5.41) is 12.7. The van der Waals surface area contributed by atoms with Gasteiger partial charge in [-0.05, 0) is 150 Å². The molecular weight excluding hydrogens is 1220 g/mol. The number of benzene rings is 3. The van der Waals surface area contributed by atoms with E-state index in [1.807, 2.05) is 134 Å². The molecule has 18 rings (SSSR count). The molecule has 0 saturated carbocycles. The maximum absolute atomic E-state index is 5.46. The highest BCUT2D eigenvalue weighted by Gasteiger charge is 2.19. The molecule has 0 unspecified atom stereocenters. The van der Waals surface area contributed by atoms with Gasteiger partial charge in [0.15, 0.2) is 34.3 Å². The second-order valence-corrected chi connectivity index (χ2v) is 21.2. The van der Waals surface area contributed by atoms with E-state index in [1.54, 1.807) is 105 Å². The molecule has 0 fully saturated rings. The van der Waals surface area contributed by atoms with Gasteiger partial charge < -0.3 is 8.83 Å². The number of hydrogen-bond acceptors (Lipinski definition) is 20. The third-order valence-electron chi connectivity index (χ3n) is 15.0. The SMILES string of the molecule is c1ccc(-c2ccnc3c2ccc2c(-c4ccccc4)ccnc23)cc1.c1ccc(-c2nccnc2-c2ccccn2)nc1.c1ccc(-c2nnc(-c3ccco3)c(-c3ccco3)n2)nc1.c1cnc(-c2cncnc2)nc1.c1cnc2nc(-c3ccc4cccnc4n3)ccc2c1. The lowest BCUT2D eigenvalue weighted by Crippen LogP contribution is -1.99. The standard InChI is InChI=1S/C24H16N2.C16H10N4O2.C16H10N4.C14H10N4.C8H6N4/c1-3-7-17(8-4-1)19-13-15-25-23-21(19)11-12-22-20(14-16-26-24(22)23)18-9-5-2-6-10-18;1-2-8-17-11(5-1)16-18-14(12-6-3-9-21-12)15(19-20-16)13-7-4-10-22-13;1-3-11-5-7-13(19-15(11)17-9-1)14-8-6-12-4-2-10-18-16(12)20-14;1-3-7-15-11(5-1)13-14(18-10-9-17-13)12-6-2-4-8-16-12;1-2-11-8(12-3-1)7-4-9-6-10-5-7/h1-16H;1-10H;1-10H;1-10H;1-6H. The highest BCUT2D eigenvalue weighted by molar-refractivity contribution is 6.11. The molecule has 0 N–H and O–H groups in total. The number of hydrogen-bond donors (Lipinski definition) is 0. The maximum Gasteiger partial charge on any atom is 0.201 e. The van der Waals surface area contributed by atoms with Crippen LogP contribution in [0.15, 0.2) is 327 Å². The fourth-order valence-electron chi connectivity index (χ4n) is 10.4. The average Bonchev–Trinajstić information content (AvgIpc) is 0.813. The first kappa shape index (κ1) is 61.4. The highest BCUT2D eigenvalue weighted by atomic mass is 16.3. The number of aromatic nitrogens is 18. The molecule has 98 heavy (non-hydrogen) atoms. The molecule has 466 valence electrons. The highest BCUT2D eigenvalue weighted by Crippen LogP contribution is 2.36. The van der Waals surface area contributed by atoms with Crippen LogP contribution in [-0.4, -0.2) is 89.9 Å². The first-order valence-electron chi connectivity index (χ1n) is 30.8. The van der Waals surface area contributed by atoms with Crippen LogP contribution in [0.1, 0.15) is 0 Å². The zero-order valence-corrected chi connectivity index (χ0v) is 51.9. The van der Waals surface area contributed by atoms with E-state index in [1.165, 1.54) is 28.6 Å². The van der Waals surface area contributed by atoms with Crippen LogP contribution in [-0.2, 0) is 0 Å². The van der Waals surface area contributed by atoms with Gasteiger partial charge in [-0.3, -0.25) is 34.9 Å². The van der Waals surface area contributed by atoms with Gasteiger partial charge in [0, 0.05) is 102 Å². The van der Waals surface area contributed by atoms with Crippen molar-refractivity contribution in [3.8, 4) is 102 Å². The second-order valence-electron chi connectivity index (χ2n) is 21.2. The van der Waals surface area contributed by atoms with Crippen LogP contribution in [0.4, 0.5) is 0 Å². The van der Waals surface area contributed by atoms with Crippen LogP contribution >= 0.6 is 0 Å². The van der Waals surface area contributed by atoms with Crippen molar-refractivity contribution in [2.24, 2.45) is 0 Å². The van der Waals surface area contributed by atoms with E-state index in [-0.39, 0.29) is 0 Å². The smallest absolute Gasteiger partial charge is 0.201 e. The summed E-state index contributed by atoms with van der Waals surface area (Å²) in [6, 6.07) is 71.0. The predicted octanol–water partition coefficient (Wildman–Crippen LogP) is 16.3. The Bertz CT molecular complexity index is 5300. The topological polar surface area (TPSA) is 258 Å². The van der Waals surface area contributed by atoms with Crippen molar-refractivity contribution < 1.29 is 8.83 Å². The summed E-state index contributed by atoms with van der Waals surface area (Å²) in [5.74, 6) is 2.26. The molecule has 0 aliphatic heterocycles. The summed E-state index contributed by atoms with van der Waals surface area (Å²) in [6.45, 7) is 0. The number of nitrogens with zero attached hydrogens (tertiary/aromatic N) is 18. The third-order valence-corrected chi connectivity index (χ3v) is 15.0. The summed E-state index contributed by atoms with van der Waals surface area (Å²) in [7, 11) is 0. The van der Waals surface area contributed by atoms with Gasteiger partial charge in [0.05, 0.1) is 51.9 Å². The van der Waals surface area contributed by atoms with Crippen LogP contribution in [0.3, 0.4) is 0 Å². The van der Waals surface area contributed by atoms with Crippen LogP contribution in [0.5, 0.6) is 0 Å². The van der Waals surface area contributed by atoms with Gasteiger partial charge in [-0.1, -0.05) is 91.0 Å². The molecule has 0 spiro atoms. The quantitative estimate of drug-likeness (QED) is 0.122. The van der Waals surface area contributed by atoms with Gasteiger partial charge in [0.1, 0.15) is 29.1 Å². The molecule has 18 aromatic rings. The zero-order valence-electron chi connectivity index (χ0n) is 51.9. The molecular formula is C78H52N18O2. The fraction of sp³-hybridized carbons (Fsp3) is 0. The lowest BCUT2D eigenvalue weighted by Gasteiger charge is -2.11. The molecule has 0 aliphatic carbocycles. The molecule has 15 aromatic heterocycles. The Kier molecular flexibility index (Phi) is 18.8. The Morgan fingerprint density at radius 1 is 0.255 bits per heavy atom. The van der Waals surface area contributed by atoms with E-state index in [9.17, 15) is 0 Å². The van der Waals surface area contributed by atoms with E-state index < -0.39 is 0 Å². The van der Waals surface area contributed by atoms with Crippen molar-refractivity contribution >= 4 is 43.9 Å². The molecule has 0 saturated heterocycles. The van der Waals surface area contributed by atoms with Crippen LogP contribution in [0.25, 0.3) is 146 Å². The first-order valence-corrected chi connectivity index (χ1v) is 30.8. The van der Waals surface area contributed by atoms with E-state index in [0.29, 0.717) is 40.3 Å². The fourth-order valence-corrected chi connectivity index (χ4v) is 10.4. The van der Waals surface area contributed by atoms with Gasteiger partial charge in [-0.25, -0.2) is 44.9 Å². The van der Waals surface area contributed by atoms with Crippen molar-refractivity contribution in [2.75, 3.05) is 0 Å². The lowest BCUT2D eigenvalue weighted by atomic mass is 9.97. The number of pyridine rings is 9. The van der Waals surface area contributed by atoms with E-state index in [0.717, 1.165) is 83.6 Å². The van der Waals surface area contributed by atoms with E-state index in [4.69, 9.17) is 8.83 Å². The molecule has 0 atom stereocenters. The van der Waals surface area contributed by atoms with Crippen LogP contribution in [0.2, 0.25) is 0 Å². The van der Waals surface area contributed by atoms with Crippen LogP contribution in [0, 0.1) is 0 Å². The zero-order chi connectivity index (χ0) is 65.9. The van der Waals surface area contributed by atoms with Gasteiger partial charge >= 0.3 is 0 Å². The van der Waals surface area contributed by atoms with Gasteiger partial charge in [0.25, 0.3) is 0 Å². The summed E-state index contributed by atoms with van der Waals surface area (Å²) in [6.07, 6.45) is 27.1. The summed E-state index contributed by atoms with van der Waals surface area (Å²) in [5.41, 5.74) is 15.4. The number of fused-ring (bicyclic) bond motifs is 5. The molecule has 0 aliphatic rings. The van der Waals surface area contributed by atoms with Crippen molar-refractivity contribution in [3.63, 3.8) is 0 Å². The minimum absolute atomic E-state index is 0.433. The molecule has 20 heteroatoms. The molecule has 0 amide bonds. The monoisotopic (exact) mass is 1270 g/mol. The summed E-state index contributed by atoms with van der Waals surface area (Å²) in [4.78, 5) is 69.0. The van der Waals surface area contributed by atoms with Crippen molar-refractivity contribution in [1.29, 1.82) is 0 Å². The van der Waals surface area contributed by atoms with Crippen molar-refractivity contribution in [1.82, 2.24) is 89.9 Å². The van der Waals surface area contributed by atoms with E-state index >= 15 is 0 Å². The first-order chi connectivity index (χ1) is 48.6. The van der Waals surface area contributed by atoms with Crippen molar-refractivity contribution in [3.05, 3.63) is 318 Å². The molecule has 0 bridgehead atoms. The molecule has 15 heterocycles. The Labute approximate surface area is 559 Å². The largest absolute Gasteiger partial charge is 0.463 e. The molecule has 0 radical (unpaired) electrons. The number of furan rings is 2. The van der Waals surface area contributed by atoms with Crippen molar-refractivity contribution in [2.45, 2.75) is 0 Å². The van der Waals surface area contributed by atoms with Gasteiger partial charge in [-0.2, -0.15) is 0 Å². The van der Waals surface area contributed by atoms with Crippen LogP contribution < -0.4 is 0 Å². The Morgan fingerprint density at radius 2 is 0.735 bits per heavy atom. The van der Waals surface area contributed by atoms with Gasteiger partial charge in [-0.15, -0.1) is 10.2 Å². The normalized spacial score (nSPS) is 10.7.